The van der Waals surface area contributed by atoms with E-state index in [9.17, 15) is 0 Å². The fourth-order valence-electron chi connectivity index (χ4n) is 5.65. The first-order chi connectivity index (χ1) is 9.72. The summed E-state index contributed by atoms with van der Waals surface area (Å²) in [6.07, 6.45) is 12.3. The van der Waals surface area contributed by atoms with Crippen LogP contribution in [0.3, 0.4) is 0 Å². The molecule has 4 aliphatic carbocycles. The van der Waals surface area contributed by atoms with Crippen LogP contribution in [-0.2, 0) is 5.41 Å². The van der Waals surface area contributed by atoms with Gasteiger partial charge in [0.2, 0.25) is 0 Å². The Kier molecular flexibility index (Phi) is 2.17. The standard InChI is InChI=1S/C16H18ClN3/c17-15-14-4-13(8-20(14)19-9-18-15)16-5-10-1-11(6-16)3-12(2-10)7-16/h4,8-12H,1-3,5-7H2. The molecule has 0 spiro atoms. The Bertz CT molecular complexity index is 655. The van der Waals surface area contributed by atoms with Crippen molar-refractivity contribution in [3.63, 3.8) is 0 Å². The minimum absolute atomic E-state index is 0.409. The van der Waals surface area contributed by atoms with Gasteiger partial charge in [0, 0.05) is 6.20 Å². The van der Waals surface area contributed by atoms with Crippen LogP contribution in [0.5, 0.6) is 0 Å². The molecule has 0 unspecified atom stereocenters. The summed E-state index contributed by atoms with van der Waals surface area (Å²) in [5.74, 6) is 2.89. The molecule has 0 aliphatic heterocycles. The smallest absolute Gasteiger partial charge is 0.156 e. The molecule has 0 aromatic carbocycles. The molecule has 6 rings (SSSR count). The number of aromatic nitrogens is 3. The maximum atomic E-state index is 6.21. The van der Waals surface area contributed by atoms with Gasteiger partial charge in [-0.3, -0.25) is 0 Å². The van der Waals surface area contributed by atoms with E-state index < -0.39 is 0 Å². The van der Waals surface area contributed by atoms with E-state index in [2.05, 4.69) is 22.3 Å². The molecule has 4 bridgehead atoms. The molecule has 4 saturated carbocycles. The van der Waals surface area contributed by atoms with Crippen LogP contribution in [0, 0.1) is 17.8 Å². The lowest BCUT2D eigenvalue weighted by atomic mass is 9.48. The van der Waals surface area contributed by atoms with Crippen LogP contribution >= 0.6 is 11.6 Å². The van der Waals surface area contributed by atoms with Gasteiger partial charge in [-0.2, -0.15) is 5.10 Å². The summed E-state index contributed by atoms with van der Waals surface area (Å²) in [4.78, 5) is 4.10. The number of rotatable bonds is 1. The first-order valence-electron chi connectivity index (χ1n) is 7.71. The van der Waals surface area contributed by atoms with E-state index in [1.807, 2.05) is 4.52 Å². The summed E-state index contributed by atoms with van der Waals surface area (Å²) in [7, 11) is 0. The Morgan fingerprint density at radius 1 is 1.10 bits per heavy atom. The molecule has 0 N–H and O–H groups in total. The predicted octanol–water partition coefficient (Wildman–Crippen LogP) is 3.85. The Morgan fingerprint density at radius 3 is 2.35 bits per heavy atom. The van der Waals surface area contributed by atoms with Crippen LogP contribution in [0.25, 0.3) is 5.52 Å². The molecule has 0 atom stereocenters. The number of nitrogens with zero attached hydrogens (tertiary/aromatic N) is 3. The highest BCUT2D eigenvalue weighted by molar-refractivity contribution is 6.32. The van der Waals surface area contributed by atoms with Crippen molar-refractivity contribution < 1.29 is 0 Å². The third-order valence-corrected chi connectivity index (χ3v) is 6.30. The van der Waals surface area contributed by atoms with Crippen LogP contribution in [0.15, 0.2) is 18.6 Å². The van der Waals surface area contributed by atoms with Gasteiger partial charge < -0.3 is 0 Å². The second-order valence-corrected chi connectivity index (χ2v) is 7.67. The van der Waals surface area contributed by atoms with E-state index in [-0.39, 0.29) is 0 Å². The first-order valence-corrected chi connectivity index (χ1v) is 8.09. The van der Waals surface area contributed by atoms with Crippen molar-refractivity contribution in [3.8, 4) is 0 Å². The zero-order chi connectivity index (χ0) is 13.3. The second-order valence-electron chi connectivity index (χ2n) is 7.31. The number of hydrogen-bond acceptors (Lipinski definition) is 2. The van der Waals surface area contributed by atoms with Gasteiger partial charge >= 0.3 is 0 Å². The molecule has 4 fully saturated rings. The molecule has 3 nitrogen and oxygen atoms in total. The van der Waals surface area contributed by atoms with Gasteiger partial charge in [-0.15, -0.1) is 0 Å². The minimum Gasteiger partial charge on any atom is -0.236 e. The lowest BCUT2D eigenvalue weighted by Crippen LogP contribution is -2.48. The topological polar surface area (TPSA) is 30.2 Å². The molecule has 2 aromatic heterocycles. The maximum absolute atomic E-state index is 6.21. The van der Waals surface area contributed by atoms with Crippen molar-refractivity contribution in [1.29, 1.82) is 0 Å². The SMILES string of the molecule is Clc1ncnn2cc(C34CC5CC(CC(C5)C3)C4)cc12. The quantitative estimate of drug-likeness (QED) is 0.797. The third-order valence-electron chi connectivity index (χ3n) is 6.01. The predicted molar refractivity (Wildman–Crippen MR) is 77.8 cm³/mol. The Morgan fingerprint density at radius 2 is 1.75 bits per heavy atom. The zero-order valence-electron chi connectivity index (χ0n) is 11.4. The molecule has 0 radical (unpaired) electrons. The third kappa shape index (κ3) is 1.47. The molecule has 0 amide bonds. The second kappa shape index (κ2) is 3.76. The number of hydrogen-bond donors (Lipinski definition) is 0. The molecule has 104 valence electrons. The summed E-state index contributed by atoms with van der Waals surface area (Å²) in [6.45, 7) is 0. The summed E-state index contributed by atoms with van der Waals surface area (Å²) >= 11 is 6.21. The highest BCUT2D eigenvalue weighted by Crippen LogP contribution is 2.60. The number of fused-ring (bicyclic) bond motifs is 1. The fourth-order valence-corrected chi connectivity index (χ4v) is 5.84. The zero-order valence-corrected chi connectivity index (χ0v) is 12.2. The van der Waals surface area contributed by atoms with E-state index in [1.165, 1.54) is 44.1 Å². The van der Waals surface area contributed by atoms with E-state index in [4.69, 9.17) is 11.6 Å². The van der Waals surface area contributed by atoms with Crippen molar-refractivity contribution >= 4 is 17.1 Å². The molecular weight excluding hydrogens is 270 g/mol. The van der Waals surface area contributed by atoms with Crippen LogP contribution in [-0.4, -0.2) is 14.6 Å². The summed E-state index contributed by atoms with van der Waals surface area (Å²) in [5.41, 5.74) is 2.82. The van der Waals surface area contributed by atoms with Crippen molar-refractivity contribution in [1.82, 2.24) is 14.6 Å². The molecule has 2 aromatic rings. The van der Waals surface area contributed by atoms with Crippen molar-refractivity contribution in [3.05, 3.63) is 29.3 Å². The summed E-state index contributed by atoms with van der Waals surface area (Å²) in [5, 5.41) is 4.88. The Hall–Kier alpha value is -1.09. The van der Waals surface area contributed by atoms with Crippen LogP contribution in [0.2, 0.25) is 5.15 Å². The highest BCUT2D eigenvalue weighted by Gasteiger charge is 2.51. The first kappa shape index (κ1) is 11.6. The van der Waals surface area contributed by atoms with Crippen molar-refractivity contribution in [2.24, 2.45) is 17.8 Å². The van der Waals surface area contributed by atoms with Gasteiger partial charge in [0.05, 0.1) is 0 Å². The molecule has 4 aliphatic rings. The van der Waals surface area contributed by atoms with E-state index in [0.717, 1.165) is 23.3 Å². The average molecular weight is 288 g/mol. The molecule has 20 heavy (non-hydrogen) atoms. The summed E-state index contributed by atoms with van der Waals surface area (Å²) < 4.78 is 1.91. The summed E-state index contributed by atoms with van der Waals surface area (Å²) in [6, 6.07) is 2.25. The Labute approximate surface area is 123 Å². The van der Waals surface area contributed by atoms with Gasteiger partial charge in [0.1, 0.15) is 11.8 Å². The minimum atomic E-state index is 0.409. The van der Waals surface area contributed by atoms with Gasteiger partial charge in [0.25, 0.3) is 0 Å². The lowest BCUT2D eigenvalue weighted by Gasteiger charge is -2.56. The lowest BCUT2D eigenvalue weighted by molar-refractivity contribution is -0.00515. The monoisotopic (exact) mass is 287 g/mol. The van der Waals surface area contributed by atoms with E-state index >= 15 is 0 Å². The van der Waals surface area contributed by atoms with Crippen LogP contribution < -0.4 is 0 Å². The molecule has 0 saturated heterocycles. The number of halogens is 1. The molecular formula is C16H18ClN3. The van der Waals surface area contributed by atoms with Crippen molar-refractivity contribution in [2.75, 3.05) is 0 Å². The van der Waals surface area contributed by atoms with Crippen LogP contribution in [0.1, 0.15) is 44.1 Å². The Balaban J connectivity index is 1.65. The van der Waals surface area contributed by atoms with Gasteiger partial charge in [0.15, 0.2) is 5.15 Å². The van der Waals surface area contributed by atoms with Gasteiger partial charge in [-0.05, 0) is 73.3 Å². The van der Waals surface area contributed by atoms with Crippen molar-refractivity contribution in [2.45, 2.75) is 43.9 Å². The average Bonchev–Trinajstić information content (AvgIpc) is 2.83. The highest BCUT2D eigenvalue weighted by atomic mass is 35.5. The van der Waals surface area contributed by atoms with E-state index in [1.54, 1.807) is 6.33 Å². The van der Waals surface area contributed by atoms with Gasteiger partial charge in [-0.1, -0.05) is 11.6 Å². The normalized spacial score (nSPS) is 38.8. The van der Waals surface area contributed by atoms with Crippen LogP contribution in [0.4, 0.5) is 0 Å². The van der Waals surface area contributed by atoms with Gasteiger partial charge in [-0.25, -0.2) is 9.50 Å². The largest absolute Gasteiger partial charge is 0.236 e. The molecule has 4 heteroatoms. The fraction of sp³-hybridized carbons (Fsp3) is 0.625. The van der Waals surface area contributed by atoms with E-state index in [0.29, 0.717) is 10.6 Å². The maximum Gasteiger partial charge on any atom is 0.156 e. The molecule has 2 heterocycles.